The minimum Gasteiger partial charge on any atom is -0.473 e. The normalized spacial score (nSPS) is 10.5. The Hall–Kier alpha value is -2.01. The van der Waals surface area contributed by atoms with Crippen molar-refractivity contribution < 1.29 is 9.47 Å². The highest BCUT2D eigenvalue weighted by Gasteiger charge is 2.12. The monoisotopic (exact) mass is 279 g/mol. The topological polar surface area (TPSA) is 70.3 Å². The van der Waals surface area contributed by atoms with Gasteiger partial charge in [-0.1, -0.05) is 17.7 Å². The van der Waals surface area contributed by atoms with Crippen molar-refractivity contribution in [3.8, 4) is 17.5 Å². The van der Waals surface area contributed by atoms with E-state index in [4.69, 9.17) is 26.8 Å². The lowest BCUT2D eigenvalue weighted by atomic mass is 10.3. The van der Waals surface area contributed by atoms with Gasteiger partial charge in [-0.15, -0.1) is 0 Å². The molecule has 0 radical (unpaired) electrons. The average molecular weight is 280 g/mol. The molecule has 0 aliphatic carbocycles. The van der Waals surface area contributed by atoms with Gasteiger partial charge in [0.25, 0.3) is 0 Å². The Morgan fingerprint density at radius 1 is 1.21 bits per heavy atom. The van der Waals surface area contributed by atoms with Crippen molar-refractivity contribution in [2.45, 2.75) is 20.0 Å². The summed E-state index contributed by atoms with van der Waals surface area (Å²) in [5, 5.41) is 0.573. The molecule has 2 rings (SSSR count). The summed E-state index contributed by atoms with van der Waals surface area (Å²) in [7, 11) is 0. The molecule has 19 heavy (non-hydrogen) atoms. The third-order valence-corrected chi connectivity index (χ3v) is 2.40. The van der Waals surface area contributed by atoms with Crippen molar-refractivity contribution in [2.75, 3.05) is 5.73 Å². The van der Waals surface area contributed by atoms with Crippen LogP contribution >= 0.6 is 11.6 Å². The summed E-state index contributed by atoms with van der Waals surface area (Å²) < 4.78 is 11.0. The molecule has 0 atom stereocenters. The Labute approximate surface area is 116 Å². The number of nitrogens with zero attached hydrogens (tertiary/aromatic N) is 2. The van der Waals surface area contributed by atoms with E-state index in [2.05, 4.69) is 9.97 Å². The molecule has 1 aromatic carbocycles. The van der Waals surface area contributed by atoms with E-state index in [-0.39, 0.29) is 17.7 Å². The van der Waals surface area contributed by atoms with Gasteiger partial charge in [0.15, 0.2) is 5.69 Å². The lowest BCUT2D eigenvalue weighted by Gasteiger charge is -2.13. The number of benzene rings is 1. The van der Waals surface area contributed by atoms with Gasteiger partial charge >= 0.3 is 0 Å². The van der Waals surface area contributed by atoms with Gasteiger partial charge < -0.3 is 15.2 Å². The third-order valence-electron chi connectivity index (χ3n) is 2.17. The van der Waals surface area contributed by atoms with E-state index >= 15 is 0 Å². The summed E-state index contributed by atoms with van der Waals surface area (Å²) in [6.07, 6.45) is 1.31. The second-order valence-electron chi connectivity index (χ2n) is 4.12. The fraction of sp³-hybridized carbons (Fsp3) is 0.231. The van der Waals surface area contributed by atoms with Crippen LogP contribution in [0.1, 0.15) is 13.8 Å². The van der Waals surface area contributed by atoms with E-state index < -0.39 is 0 Å². The zero-order valence-electron chi connectivity index (χ0n) is 10.6. The quantitative estimate of drug-likeness (QED) is 0.930. The summed E-state index contributed by atoms with van der Waals surface area (Å²) >= 11 is 5.88. The molecule has 6 heteroatoms. The number of aromatic nitrogens is 2. The summed E-state index contributed by atoms with van der Waals surface area (Å²) in [6, 6.07) is 6.97. The zero-order valence-corrected chi connectivity index (χ0v) is 11.4. The van der Waals surface area contributed by atoms with E-state index in [0.29, 0.717) is 16.7 Å². The predicted molar refractivity (Wildman–Crippen MR) is 73.7 cm³/mol. The minimum atomic E-state index is -0.0313. The number of halogens is 1. The van der Waals surface area contributed by atoms with Gasteiger partial charge in [0.2, 0.25) is 11.8 Å². The second kappa shape index (κ2) is 5.75. The van der Waals surface area contributed by atoms with Crippen LogP contribution < -0.4 is 15.2 Å². The van der Waals surface area contributed by atoms with Gasteiger partial charge in [0.05, 0.1) is 6.10 Å². The molecule has 2 aromatic rings. The molecular weight excluding hydrogens is 266 g/mol. The van der Waals surface area contributed by atoms with E-state index in [1.807, 2.05) is 13.8 Å². The summed E-state index contributed by atoms with van der Waals surface area (Å²) in [6.45, 7) is 3.78. The summed E-state index contributed by atoms with van der Waals surface area (Å²) in [5.74, 6) is 1.10. The maximum absolute atomic E-state index is 5.91. The Morgan fingerprint density at radius 2 is 1.95 bits per heavy atom. The number of ether oxygens (including phenoxy) is 2. The number of nitrogens with two attached hydrogens (primary N) is 1. The molecule has 0 bridgehead atoms. The first-order chi connectivity index (χ1) is 9.06. The Balaban J connectivity index is 2.25. The molecule has 100 valence electrons. The van der Waals surface area contributed by atoms with Crippen molar-refractivity contribution in [2.24, 2.45) is 0 Å². The molecule has 0 amide bonds. The number of anilines is 1. The van der Waals surface area contributed by atoms with Crippen LogP contribution in [0.2, 0.25) is 5.02 Å². The van der Waals surface area contributed by atoms with Crippen LogP contribution in [0.4, 0.5) is 5.69 Å². The molecule has 0 aliphatic heterocycles. The third kappa shape index (κ3) is 3.48. The van der Waals surface area contributed by atoms with Crippen molar-refractivity contribution in [1.29, 1.82) is 0 Å². The highest BCUT2D eigenvalue weighted by atomic mass is 35.5. The van der Waals surface area contributed by atoms with E-state index in [9.17, 15) is 0 Å². The Bertz CT molecular complexity index is 576. The number of hydrogen-bond donors (Lipinski definition) is 1. The van der Waals surface area contributed by atoms with Gasteiger partial charge in [-0.25, -0.2) is 0 Å². The first-order valence-electron chi connectivity index (χ1n) is 5.77. The maximum atomic E-state index is 5.91. The van der Waals surface area contributed by atoms with Crippen molar-refractivity contribution in [3.63, 3.8) is 0 Å². The van der Waals surface area contributed by atoms with Crippen LogP contribution in [0.5, 0.6) is 17.5 Å². The molecule has 0 aliphatic rings. The van der Waals surface area contributed by atoms with Crippen LogP contribution in [0.3, 0.4) is 0 Å². The number of nitrogen functional groups attached to an aromatic ring is 1. The molecule has 2 N–H and O–H groups in total. The highest BCUT2D eigenvalue weighted by molar-refractivity contribution is 6.30. The average Bonchev–Trinajstić information content (AvgIpc) is 2.34. The molecule has 5 nitrogen and oxygen atoms in total. The molecule has 0 fully saturated rings. The van der Waals surface area contributed by atoms with E-state index in [0.717, 1.165) is 0 Å². The van der Waals surface area contributed by atoms with Crippen LogP contribution in [0, 0.1) is 0 Å². The smallest absolute Gasteiger partial charge is 0.249 e. The molecule has 0 spiro atoms. The fourth-order valence-electron chi connectivity index (χ4n) is 1.40. The summed E-state index contributed by atoms with van der Waals surface area (Å²) in [4.78, 5) is 7.96. The van der Waals surface area contributed by atoms with Crippen LogP contribution in [-0.2, 0) is 0 Å². The van der Waals surface area contributed by atoms with Crippen molar-refractivity contribution in [3.05, 3.63) is 35.6 Å². The van der Waals surface area contributed by atoms with Gasteiger partial charge in [-0.05, 0) is 32.0 Å². The first-order valence-corrected chi connectivity index (χ1v) is 6.14. The van der Waals surface area contributed by atoms with Gasteiger partial charge in [0, 0.05) is 5.02 Å². The number of rotatable bonds is 4. The van der Waals surface area contributed by atoms with Crippen molar-refractivity contribution in [1.82, 2.24) is 9.97 Å². The van der Waals surface area contributed by atoms with Gasteiger partial charge in [-0.3, -0.25) is 0 Å². The standard InChI is InChI=1S/C13H14ClN3O2/c1-8(2)18-12-11(15)13(17-7-16-12)19-10-5-3-4-9(14)6-10/h3-8H,15H2,1-2H3. The molecule has 0 saturated carbocycles. The second-order valence-corrected chi connectivity index (χ2v) is 4.56. The lowest BCUT2D eigenvalue weighted by Crippen LogP contribution is -2.10. The minimum absolute atomic E-state index is 0.0313. The highest BCUT2D eigenvalue weighted by Crippen LogP contribution is 2.31. The molecular formula is C13H14ClN3O2. The van der Waals surface area contributed by atoms with E-state index in [1.54, 1.807) is 24.3 Å². The maximum Gasteiger partial charge on any atom is 0.249 e. The molecule has 1 heterocycles. The molecule has 1 aromatic heterocycles. The fourth-order valence-corrected chi connectivity index (χ4v) is 1.59. The van der Waals surface area contributed by atoms with Crippen molar-refractivity contribution >= 4 is 17.3 Å². The summed E-state index contributed by atoms with van der Waals surface area (Å²) in [5.41, 5.74) is 6.17. The molecule has 0 saturated heterocycles. The van der Waals surface area contributed by atoms with Gasteiger partial charge in [-0.2, -0.15) is 9.97 Å². The van der Waals surface area contributed by atoms with Crippen LogP contribution in [0.15, 0.2) is 30.6 Å². The Morgan fingerprint density at radius 3 is 2.63 bits per heavy atom. The number of hydrogen-bond acceptors (Lipinski definition) is 5. The van der Waals surface area contributed by atoms with Gasteiger partial charge in [0.1, 0.15) is 12.1 Å². The zero-order chi connectivity index (χ0) is 13.8. The first kappa shape index (κ1) is 13.4. The van der Waals surface area contributed by atoms with Crippen LogP contribution in [0.25, 0.3) is 0 Å². The predicted octanol–water partition coefficient (Wildman–Crippen LogP) is 3.29. The lowest BCUT2D eigenvalue weighted by molar-refractivity contribution is 0.233. The Kier molecular flexibility index (Phi) is 4.06. The molecule has 0 unspecified atom stereocenters. The van der Waals surface area contributed by atoms with Crippen LogP contribution in [-0.4, -0.2) is 16.1 Å². The SMILES string of the molecule is CC(C)Oc1ncnc(Oc2cccc(Cl)c2)c1N. The largest absolute Gasteiger partial charge is 0.473 e. The van der Waals surface area contributed by atoms with E-state index in [1.165, 1.54) is 6.33 Å².